The molecule has 2 heterocycles. The number of aromatic nitrogens is 1. The van der Waals surface area contributed by atoms with Crippen molar-refractivity contribution >= 4 is 17.7 Å². The van der Waals surface area contributed by atoms with Crippen molar-refractivity contribution in [2.75, 3.05) is 6.54 Å². The van der Waals surface area contributed by atoms with Crippen LogP contribution in [0.5, 0.6) is 0 Å². The van der Waals surface area contributed by atoms with Gasteiger partial charge in [0, 0.05) is 18.3 Å². The van der Waals surface area contributed by atoms with E-state index in [0.29, 0.717) is 11.7 Å². The minimum Gasteiger partial charge on any atom is -0.444 e. The number of likely N-dealkylation sites (tertiary alicyclic amines) is 1. The molecule has 1 atom stereocenters. The summed E-state index contributed by atoms with van der Waals surface area (Å²) in [6.45, 7) is 6.33. The van der Waals surface area contributed by atoms with Crippen molar-refractivity contribution in [1.82, 2.24) is 9.88 Å². The van der Waals surface area contributed by atoms with Crippen LogP contribution in [0, 0.1) is 0 Å². The van der Waals surface area contributed by atoms with Crippen LogP contribution in [0.3, 0.4) is 0 Å². The second-order valence-corrected chi connectivity index (χ2v) is 6.43. The van der Waals surface area contributed by atoms with Gasteiger partial charge >= 0.3 is 6.09 Å². The number of hydrogen-bond donors (Lipinski definition) is 0. The van der Waals surface area contributed by atoms with Gasteiger partial charge in [0.25, 0.3) is 0 Å². The molecule has 1 saturated heterocycles. The average Bonchev–Trinajstić information content (AvgIpc) is 2.37. The fourth-order valence-corrected chi connectivity index (χ4v) is 2.69. The van der Waals surface area contributed by atoms with Crippen LogP contribution in [0.25, 0.3) is 0 Å². The van der Waals surface area contributed by atoms with E-state index in [9.17, 15) is 4.79 Å². The smallest absolute Gasteiger partial charge is 0.410 e. The van der Waals surface area contributed by atoms with Crippen molar-refractivity contribution in [3.8, 4) is 0 Å². The molecule has 0 radical (unpaired) electrons. The Kier molecular flexibility index (Phi) is 4.53. The standard InChI is InChI=1S/C15H21ClN2O2/c1-15(2,3)20-14(19)18-10-5-4-8-12(18)11-7-6-9-17-13(11)16/h6-7,9,12H,4-5,8,10H2,1-3H3. The maximum Gasteiger partial charge on any atom is 0.410 e. The minimum atomic E-state index is -0.488. The Morgan fingerprint density at radius 3 is 2.85 bits per heavy atom. The fraction of sp³-hybridized carbons (Fsp3) is 0.600. The molecule has 0 N–H and O–H groups in total. The maximum atomic E-state index is 12.3. The van der Waals surface area contributed by atoms with Gasteiger partial charge in [0.15, 0.2) is 0 Å². The number of ether oxygens (including phenoxy) is 1. The Morgan fingerprint density at radius 2 is 2.20 bits per heavy atom. The Labute approximate surface area is 125 Å². The molecule has 1 aromatic rings. The number of piperidine rings is 1. The van der Waals surface area contributed by atoms with Crippen LogP contribution in [0.1, 0.15) is 51.6 Å². The molecule has 1 aromatic heterocycles. The number of rotatable bonds is 1. The molecule has 4 nitrogen and oxygen atoms in total. The van der Waals surface area contributed by atoms with Crippen molar-refractivity contribution in [2.24, 2.45) is 0 Å². The van der Waals surface area contributed by atoms with Crippen LogP contribution in [0.15, 0.2) is 18.3 Å². The third-order valence-electron chi connectivity index (χ3n) is 3.28. The Morgan fingerprint density at radius 1 is 1.45 bits per heavy atom. The molecule has 5 heteroatoms. The number of halogens is 1. The molecule has 1 aliphatic heterocycles. The first-order valence-corrected chi connectivity index (χ1v) is 7.36. The van der Waals surface area contributed by atoms with Gasteiger partial charge in [-0.15, -0.1) is 0 Å². The van der Waals surface area contributed by atoms with E-state index in [1.165, 1.54) is 0 Å². The number of carbonyl (C=O) groups excluding carboxylic acids is 1. The molecule has 0 aliphatic carbocycles. The largest absolute Gasteiger partial charge is 0.444 e. The topological polar surface area (TPSA) is 42.4 Å². The lowest BCUT2D eigenvalue weighted by molar-refractivity contribution is 0.00950. The van der Waals surface area contributed by atoms with Gasteiger partial charge in [0.1, 0.15) is 10.8 Å². The summed E-state index contributed by atoms with van der Waals surface area (Å²) in [5.41, 5.74) is 0.414. The van der Waals surface area contributed by atoms with Gasteiger partial charge in [-0.2, -0.15) is 0 Å². The van der Waals surface area contributed by atoms with Crippen LogP contribution >= 0.6 is 11.6 Å². The zero-order valence-corrected chi connectivity index (χ0v) is 13.0. The highest BCUT2D eigenvalue weighted by atomic mass is 35.5. The lowest BCUT2D eigenvalue weighted by atomic mass is 9.97. The van der Waals surface area contributed by atoms with Gasteiger partial charge in [-0.05, 0) is 46.1 Å². The number of nitrogens with zero attached hydrogens (tertiary/aromatic N) is 2. The van der Waals surface area contributed by atoms with E-state index in [2.05, 4.69) is 4.98 Å². The fourth-order valence-electron chi connectivity index (χ4n) is 2.44. The first-order chi connectivity index (χ1) is 9.38. The van der Waals surface area contributed by atoms with E-state index in [0.717, 1.165) is 24.8 Å². The Bertz CT molecular complexity index is 485. The van der Waals surface area contributed by atoms with Gasteiger partial charge in [-0.1, -0.05) is 17.7 Å². The zero-order chi connectivity index (χ0) is 14.8. The lowest BCUT2D eigenvalue weighted by Gasteiger charge is -2.37. The molecule has 2 rings (SSSR count). The molecule has 1 aliphatic rings. The number of carbonyl (C=O) groups is 1. The summed E-state index contributed by atoms with van der Waals surface area (Å²) in [7, 11) is 0. The summed E-state index contributed by atoms with van der Waals surface area (Å²) in [6.07, 6.45) is 4.35. The SMILES string of the molecule is CC(C)(C)OC(=O)N1CCCCC1c1cccnc1Cl. The van der Waals surface area contributed by atoms with E-state index < -0.39 is 5.60 Å². The Balaban J connectivity index is 2.22. The molecule has 110 valence electrons. The van der Waals surface area contributed by atoms with E-state index >= 15 is 0 Å². The third-order valence-corrected chi connectivity index (χ3v) is 3.59. The number of pyridine rings is 1. The molecule has 0 bridgehead atoms. The van der Waals surface area contributed by atoms with Crippen molar-refractivity contribution in [2.45, 2.75) is 51.7 Å². The molecule has 0 aromatic carbocycles. The quantitative estimate of drug-likeness (QED) is 0.730. The highest BCUT2D eigenvalue weighted by Crippen LogP contribution is 2.34. The maximum absolute atomic E-state index is 12.3. The third kappa shape index (κ3) is 3.63. The first kappa shape index (κ1) is 15.1. The molecule has 0 spiro atoms. The van der Waals surface area contributed by atoms with E-state index in [4.69, 9.17) is 16.3 Å². The van der Waals surface area contributed by atoms with Crippen LogP contribution in [-0.4, -0.2) is 28.1 Å². The van der Waals surface area contributed by atoms with Crippen molar-refractivity contribution in [1.29, 1.82) is 0 Å². The molecular weight excluding hydrogens is 276 g/mol. The van der Waals surface area contributed by atoms with Crippen molar-refractivity contribution in [3.63, 3.8) is 0 Å². The van der Waals surface area contributed by atoms with Crippen molar-refractivity contribution < 1.29 is 9.53 Å². The summed E-state index contributed by atoms with van der Waals surface area (Å²) >= 11 is 6.17. The molecule has 1 unspecified atom stereocenters. The summed E-state index contributed by atoms with van der Waals surface area (Å²) in [4.78, 5) is 18.2. The normalized spacial score (nSPS) is 19.8. The van der Waals surface area contributed by atoms with Gasteiger partial charge in [0.2, 0.25) is 0 Å². The summed E-state index contributed by atoms with van der Waals surface area (Å²) in [5, 5.41) is 0.466. The van der Waals surface area contributed by atoms with Gasteiger partial charge in [-0.25, -0.2) is 9.78 Å². The molecular formula is C15H21ClN2O2. The summed E-state index contributed by atoms with van der Waals surface area (Å²) in [6, 6.07) is 3.74. The second kappa shape index (κ2) is 6.00. The molecule has 20 heavy (non-hydrogen) atoms. The summed E-state index contributed by atoms with van der Waals surface area (Å²) < 4.78 is 5.49. The monoisotopic (exact) mass is 296 g/mol. The van der Waals surface area contributed by atoms with Gasteiger partial charge in [-0.3, -0.25) is 0 Å². The van der Waals surface area contributed by atoms with Crippen LogP contribution in [0.2, 0.25) is 5.15 Å². The zero-order valence-electron chi connectivity index (χ0n) is 12.2. The van der Waals surface area contributed by atoms with Gasteiger partial charge < -0.3 is 9.64 Å². The van der Waals surface area contributed by atoms with Gasteiger partial charge in [0.05, 0.1) is 6.04 Å². The number of hydrogen-bond acceptors (Lipinski definition) is 3. The Hall–Kier alpha value is -1.29. The van der Waals surface area contributed by atoms with E-state index in [-0.39, 0.29) is 12.1 Å². The minimum absolute atomic E-state index is 0.0419. The molecule has 1 fully saturated rings. The summed E-state index contributed by atoms with van der Waals surface area (Å²) in [5.74, 6) is 0. The van der Waals surface area contributed by atoms with Crippen LogP contribution in [-0.2, 0) is 4.74 Å². The predicted octanol–water partition coefficient (Wildman–Crippen LogP) is 4.20. The van der Waals surface area contributed by atoms with E-state index in [1.807, 2.05) is 32.9 Å². The van der Waals surface area contributed by atoms with E-state index in [1.54, 1.807) is 11.1 Å². The molecule has 1 amide bonds. The average molecular weight is 297 g/mol. The van der Waals surface area contributed by atoms with Crippen LogP contribution < -0.4 is 0 Å². The highest BCUT2D eigenvalue weighted by molar-refractivity contribution is 6.30. The van der Waals surface area contributed by atoms with Crippen LogP contribution in [0.4, 0.5) is 4.79 Å². The lowest BCUT2D eigenvalue weighted by Crippen LogP contribution is -2.42. The molecule has 0 saturated carbocycles. The van der Waals surface area contributed by atoms with Crippen molar-refractivity contribution in [3.05, 3.63) is 29.0 Å². The number of amides is 1. The predicted molar refractivity (Wildman–Crippen MR) is 78.8 cm³/mol. The first-order valence-electron chi connectivity index (χ1n) is 6.98. The second-order valence-electron chi connectivity index (χ2n) is 6.07. The highest BCUT2D eigenvalue weighted by Gasteiger charge is 2.32.